The van der Waals surface area contributed by atoms with Gasteiger partial charge in [0.15, 0.2) is 6.61 Å². The molecule has 4 aromatic rings. The van der Waals surface area contributed by atoms with Crippen LogP contribution in [0.3, 0.4) is 0 Å². The number of ether oxygens (including phenoxy) is 1. The third-order valence-electron chi connectivity index (χ3n) is 6.41. The van der Waals surface area contributed by atoms with E-state index >= 15 is 0 Å². The maximum absolute atomic E-state index is 13.3. The van der Waals surface area contributed by atoms with E-state index in [2.05, 4.69) is 15.6 Å². The Hall–Kier alpha value is -3.82. The van der Waals surface area contributed by atoms with Gasteiger partial charge in [-0.3, -0.25) is 14.1 Å². The second-order valence-corrected chi connectivity index (χ2v) is 11.3. The monoisotopic (exact) mass is 550 g/mol. The highest BCUT2D eigenvalue weighted by Crippen LogP contribution is 2.33. The molecule has 0 saturated carbocycles. The van der Waals surface area contributed by atoms with E-state index in [0.717, 1.165) is 27.8 Å². The van der Waals surface area contributed by atoms with E-state index in [1.165, 1.54) is 10.4 Å². The minimum atomic E-state index is -3.70. The molecule has 3 aromatic carbocycles. The highest BCUT2D eigenvalue weighted by atomic mass is 35.5. The van der Waals surface area contributed by atoms with E-state index < -0.39 is 10.0 Å². The number of amides is 1. The predicted octanol–water partition coefficient (Wildman–Crippen LogP) is 4.56. The molecule has 0 aliphatic carbocycles. The van der Waals surface area contributed by atoms with Crippen molar-refractivity contribution in [3.05, 3.63) is 89.1 Å². The summed E-state index contributed by atoms with van der Waals surface area (Å²) < 4.78 is 33.7. The van der Waals surface area contributed by atoms with Crippen LogP contribution in [0.5, 0.6) is 5.75 Å². The summed E-state index contributed by atoms with van der Waals surface area (Å²) in [5.74, 6) is 0.184. The molecule has 1 aliphatic heterocycles. The SMILES string of the molecule is Cc1cc(S(=O)(=O)N2CCc3ccccc32)ccc1OCC(=O)NCCNc1ccnc2cc(Cl)ccc12. The van der Waals surface area contributed by atoms with E-state index in [4.69, 9.17) is 16.3 Å². The van der Waals surface area contributed by atoms with E-state index in [9.17, 15) is 13.2 Å². The van der Waals surface area contributed by atoms with Crippen LogP contribution in [-0.2, 0) is 21.2 Å². The van der Waals surface area contributed by atoms with Gasteiger partial charge < -0.3 is 15.4 Å². The number of para-hydroxylation sites is 1. The molecule has 2 N–H and O–H groups in total. The van der Waals surface area contributed by atoms with Gasteiger partial charge in [0.1, 0.15) is 5.75 Å². The van der Waals surface area contributed by atoms with Gasteiger partial charge >= 0.3 is 0 Å². The number of aryl methyl sites for hydroxylation is 1. The van der Waals surface area contributed by atoms with Gasteiger partial charge in [-0.05, 0) is 73.0 Å². The Labute approximate surface area is 226 Å². The number of hydrogen-bond donors (Lipinski definition) is 2. The number of nitrogens with zero attached hydrogens (tertiary/aromatic N) is 2. The summed E-state index contributed by atoms with van der Waals surface area (Å²) in [5.41, 5.74) is 4.07. The zero-order valence-electron chi connectivity index (χ0n) is 20.8. The van der Waals surface area contributed by atoms with Crippen LogP contribution >= 0.6 is 11.6 Å². The summed E-state index contributed by atoms with van der Waals surface area (Å²) in [5, 5.41) is 7.68. The van der Waals surface area contributed by atoms with Crippen LogP contribution in [0.1, 0.15) is 11.1 Å². The molecule has 5 rings (SSSR count). The Morgan fingerprint density at radius 1 is 1.08 bits per heavy atom. The smallest absolute Gasteiger partial charge is 0.264 e. The molecule has 38 heavy (non-hydrogen) atoms. The molecule has 196 valence electrons. The fraction of sp³-hybridized carbons (Fsp3) is 0.214. The lowest BCUT2D eigenvalue weighted by Gasteiger charge is -2.20. The molecule has 8 nitrogen and oxygen atoms in total. The van der Waals surface area contributed by atoms with E-state index in [1.54, 1.807) is 31.3 Å². The number of halogens is 1. The number of sulfonamides is 1. The predicted molar refractivity (Wildman–Crippen MR) is 150 cm³/mol. The first-order chi connectivity index (χ1) is 18.3. The van der Waals surface area contributed by atoms with Crippen molar-refractivity contribution in [2.75, 3.05) is 35.9 Å². The molecule has 0 radical (unpaired) electrons. The van der Waals surface area contributed by atoms with Crippen molar-refractivity contribution < 1.29 is 17.9 Å². The topological polar surface area (TPSA) is 101 Å². The maximum atomic E-state index is 13.3. The zero-order chi connectivity index (χ0) is 26.7. The number of rotatable bonds is 9. The van der Waals surface area contributed by atoms with Crippen LogP contribution in [-0.4, -0.2) is 45.6 Å². The third-order valence-corrected chi connectivity index (χ3v) is 8.45. The largest absolute Gasteiger partial charge is 0.484 e. The Morgan fingerprint density at radius 3 is 2.76 bits per heavy atom. The number of hydrogen-bond acceptors (Lipinski definition) is 6. The van der Waals surface area contributed by atoms with E-state index in [-0.39, 0.29) is 17.4 Å². The van der Waals surface area contributed by atoms with Crippen molar-refractivity contribution in [3.8, 4) is 5.75 Å². The number of carbonyl (C=O) groups excluding carboxylic acids is 1. The van der Waals surface area contributed by atoms with Gasteiger partial charge in [-0.15, -0.1) is 0 Å². The Balaban J connectivity index is 1.13. The first-order valence-electron chi connectivity index (χ1n) is 12.2. The van der Waals surface area contributed by atoms with Crippen LogP contribution < -0.4 is 19.7 Å². The average molecular weight is 551 g/mol. The minimum absolute atomic E-state index is 0.177. The normalized spacial score (nSPS) is 12.8. The van der Waals surface area contributed by atoms with E-state index in [1.807, 2.05) is 42.5 Å². The van der Waals surface area contributed by atoms with Gasteiger partial charge in [0.05, 0.1) is 16.1 Å². The molecule has 0 atom stereocenters. The molecule has 2 heterocycles. The lowest BCUT2D eigenvalue weighted by molar-refractivity contribution is -0.123. The first kappa shape index (κ1) is 25.8. The van der Waals surface area contributed by atoms with Gasteiger partial charge in [0.2, 0.25) is 0 Å². The van der Waals surface area contributed by atoms with E-state index in [0.29, 0.717) is 42.4 Å². The third kappa shape index (κ3) is 5.39. The number of aromatic nitrogens is 1. The fourth-order valence-electron chi connectivity index (χ4n) is 4.50. The van der Waals surface area contributed by atoms with Crippen molar-refractivity contribution in [3.63, 3.8) is 0 Å². The van der Waals surface area contributed by atoms with Gasteiger partial charge in [0.25, 0.3) is 15.9 Å². The molecule has 0 spiro atoms. The molecule has 0 bridgehead atoms. The molecular formula is C28H27ClN4O4S. The standard InChI is InChI=1S/C28H27ClN4O4S/c1-19-16-22(38(35,36)33-15-11-20-4-2-3-5-26(20)33)7-9-27(19)37-18-28(34)32-14-13-31-24-10-12-30-25-17-21(29)6-8-23(24)25/h2-10,12,16-17H,11,13-15,18H2,1H3,(H,30,31)(H,32,34). The number of pyridine rings is 1. The Bertz CT molecular complexity index is 1610. The number of fused-ring (bicyclic) bond motifs is 2. The molecule has 1 aromatic heterocycles. The summed E-state index contributed by atoms with van der Waals surface area (Å²) in [7, 11) is -3.70. The maximum Gasteiger partial charge on any atom is 0.264 e. The lowest BCUT2D eigenvalue weighted by Crippen LogP contribution is -2.32. The van der Waals surface area contributed by atoms with Crippen molar-refractivity contribution in [1.82, 2.24) is 10.3 Å². The molecular weight excluding hydrogens is 524 g/mol. The summed E-state index contributed by atoms with van der Waals surface area (Å²) >= 11 is 6.04. The van der Waals surface area contributed by atoms with Crippen LogP contribution in [0, 0.1) is 6.92 Å². The molecule has 10 heteroatoms. The number of carbonyl (C=O) groups is 1. The number of anilines is 2. The highest BCUT2D eigenvalue weighted by molar-refractivity contribution is 7.92. The number of nitrogens with one attached hydrogen (secondary N) is 2. The second-order valence-electron chi connectivity index (χ2n) is 8.97. The van der Waals surface area contributed by atoms with Crippen molar-refractivity contribution in [2.24, 2.45) is 0 Å². The Morgan fingerprint density at radius 2 is 1.92 bits per heavy atom. The fourth-order valence-corrected chi connectivity index (χ4v) is 6.25. The molecule has 0 saturated heterocycles. The van der Waals surface area contributed by atoms with Crippen LogP contribution in [0.15, 0.2) is 77.8 Å². The molecule has 0 unspecified atom stereocenters. The van der Waals surface area contributed by atoms with Crippen molar-refractivity contribution >= 4 is 49.8 Å². The van der Waals surface area contributed by atoms with Gasteiger partial charge in [-0.1, -0.05) is 29.8 Å². The molecule has 1 aliphatic rings. The van der Waals surface area contributed by atoms with Crippen LogP contribution in [0.4, 0.5) is 11.4 Å². The second kappa shape index (κ2) is 10.9. The molecule has 1 amide bonds. The Kier molecular flexibility index (Phi) is 7.40. The van der Waals surface area contributed by atoms with Crippen LogP contribution in [0.2, 0.25) is 5.02 Å². The summed E-state index contributed by atoms with van der Waals surface area (Å²) in [6.45, 7) is 2.91. The summed E-state index contributed by atoms with van der Waals surface area (Å²) in [6, 6.07) is 19.6. The number of benzene rings is 3. The van der Waals surface area contributed by atoms with Gasteiger partial charge in [-0.25, -0.2) is 8.42 Å². The quantitative estimate of drug-likeness (QED) is 0.296. The van der Waals surface area contributed by atoms with Gasteiger partial charge in [-0.2, -0.15) is 0 Å². The summed E-state index contributed by atoms with van der Waals surface area (Å²) in [4.78, 5) is 16.8. The summed E-state index contributed by atoms with van der Waals surface area (Å²) in [6.07, 6.45) is 2.39. The van der Waals surface area contributed by atoms with Crippen molar-refractivity contribution in [1.29, 1.82) is 0 Å². The minimum Gasteiger partial charge on any atom is -0.484 e. The average Bonchev–Trinajstić information content (AvgIpc) is 3.35. The molecule has 0 fully saturated rings. The highest BCUT2D eigenvalue weighted by Gasteiger charge is 2.30. The first-order valence-corrected chi connectivity index (χ1v) is 14.0. The van der Waals surface area contributed by atoms with Crippen molar-refractivity contribution in [2.45, 2.75) is 18.2 Å². The van der Waals surface area contributed by atoms with Crippen LogP contribution in [0.25, 0.3) is 10.9 Å². The van der Waals surface area contributed by atoms with Gasteiger partial charge in [0, 0.05) is 41.9 Å². The zero-order valence-corrected chi connectivity index (χ0v) is 22.3. The lowest BCUT2D eigenvalue weighted by atomic mass is 10.2.